The maximum absolute atomic E-state index is 15.1. The largest absolute Gasteiger partial charge is 0.394 e. The average Bonchev–Trinajstić information content (AvgIpc) is 1.65. The SMILES string of the molecule is CC(CCC(=O)NCC(CNC(=O)CCC(C)C1CCC2C3CCC4CC(O[C@H]5OC(CO)[C@H](O[C@@H]6OC(CO)[C@H](O)[C@@H](O)C6O)[C@@H](O)C5O)CCC4(C)C3CCC12C)(CO[C@@H]1OC(CO)[C@@H](O[C@H]2OC(CO)[C@@H](O)[C@H](O)C2O)[C@H](O)C1O)CO[C@H]1OC(CO)[C@H](O[C@@H]2OC(CO)[C@H](O)[C@@H](O)C2O)[C@@H](O)C1O)C1CCC2C3CCC4CC(O[C@@H]5OC(CO)[C@@H](O[C@H]6OC(CO)[C@@H](O)[C@H](O)C6O)[C@H](O)C5C)CCC4(C)C3CCC12C. The molecule has 29 N–H and O–H groups in total. The van der Waals surface area contributed by atoms with Crippen molar-refractivity contribution in [3.8, 4) is 0 Å². The van der Waals surface area contributed by atoms with E-state index in [2.05, 4.69) is 52.2 Å². The lowest BCUT2D eigenvalue weighted by molar-refractivity contribution is -0.364. The number of nitrogens with one attached hydrogen (secondary N) is 2. The molecule has 2 amide bonds. The van der Waals surface area contributed by atoms with E-state index in [1.165, 1.54) is 0 Å². The van der Waals surface area contributed by atoms with Gasteiger partial charge in [0.2, 0.25) is 11.8 Å². The molecule has 47 heteroatoms. The number of aliphatic hydroxyl groups excluding tert-OH is 27. The normalized spacial score (nSPS) is 51.4. The summed E-state index contributed by atoms with van der Waals surface area (Å²) in [7, 11) is 0. The van der Waals surface area contributed by atoms with Gasteiger partial charge in [-0.15, -0.1) is 0 Å². The zero-order valence-electron chi connectivity index (χ0n) is 86.1. The molecule has 0 radical (unpaired) electrons. The number of fused-ring (bicyclic) bond motifs is 10. The molecule has 8 saturated carbocycles. The molecular weight excluding hydrogens is 1970 g/mol. The van der Waals surface area contributed by atoms with Crippen LogP contribution in [0.25, 0.3) is 0 Å². The highest BCUT2D eigenvalue weighted by molar-refractivity contribution is 5.76. The van der Waals surface area contributed by atoms with Crippen LogP contribution in [0.5, 0.6) is 0 Å². The average molecular weight is 2150 g/mol. The van der Waals surface area contributed by atoms with Gasteiger partial charge >= 0.3 is 0 Å². The second kappa shape index (κ2) is 49.4. The van der Waals surface area contributed by atoms with Gasteiger partial charge in [-0.3, -0.25) is 9.59 Å². The summed E-state index contributed by atoms with van der Waals surface area (Å²) < 4.78 is 96.7. The Kier molecular flexibility index (Phi) is 39.4. The van der Waals surface area contributed by atoms with E-state index in [1.807, 2.05) is 0 Å². The Morgan fingerprint density at radius 3 is 0.899 bits per heavy atom. The van der Waals surface area contributed by atoms with Crippen LogP contribution in [0.4, 0.5) is 0 Å². The number of ether oxygens (including phenoxy) is 16. The van der Waals surface area contributed by atoms with Crippen molar-refractivity contribution in [3.63, 3.8) is 0 Å². The minimum atomic E-state index is -2.11. The van der Waals surface area contributed by atoms with Crippen LogP contribution in [-0.2, 0) is 85.4 Å². The summed E-state index contributed by atoms with van der Waals surface area (Å²) >= 11 is 0. The van der Waals surface area contributed by atoms with Crippen molar-refractivity contribution in [2.45, 2.75) is 441 Å². The van der Waals surface area contributed by atoms with Crippen molar-refractivity contribution in [2.24, 2.45) is 104 Å². The van der Waals surface area contributed by atoms with E-state index in [9.17, 15) is 138 Å². The Morgan fingerprint density at radius 2 is 0.570 bits per heavy atom. The van der Waals surface area contributed by atoms with Crippen LogP contribution in [0, 0.1) is 104 Å². The first-order valence-corrected chi connectivity index (χ1v) is 54.6. The van der Waals surface area contributed by atoms with Crippen molar-refractivity contribution in [3.05, 3.63) is 0 Å². The molecule has 8 aliphatic heterocycles. The van der Waals surface area contributed by atoms with E-state index >= 15 is 9.59 Å². The molecule has 16 aliphatic rings. The molecule has 0 aromatic heterocycles. The van der Waals surface area contributed by atoms with Crippen molar-refractivity contribution in [1.82, 2.24) is 10.6 Å². The van der Waals surface area contributed by atoms with Gasteiger partial charge in [0.05, 0.1) is 89.8 Å². The molecule has 16 fully saturated rings. The zero-order chi connectivity index (χ0) is 108. The Bertz CT molecular complexity index is 3960. The third-order valence-electron chi connectivity index (χ3n) is 39.7. The van der Waals surface area contributed by atoms with E-state index in [-0.39, 0.29) is 76.3 Å². The second-order valence-corrected chi connectivity index (χ2v) is 47.9. The Labute approximate surface area is 866 Å². The van der Waals surface area contributed by atoms with Gasteiger partial charge in [0.15, 0.2) is 50.3 Å². The quantitative estimate of drug-likeness (QED) is 0.0255. The molecule has 0 aromatic carbocycles. The number of hydrogen-bond acceptors (Lipinski definition) is 45. The van der Waals surface area contributed by atoms with Crippen molar-refractivity contribution in [2.75, 3.05) is 79.2 Å². The molecule has 149 heavy (non-hydrogen) atoms. The summed E-state index contributed by atoms with van der Waals surface area (Å²) in [6.45, 7) is 7.04. The third-order valence-corrected chi connectivity index (χ3v) is 39.7. The fraction of sp³-hybridized carbons (Fsp3) is 0.980. The summed E-state index contributed by atoms with van der Waals surface area (Å²) in [5.41, 5.74) is -2.06. The minimum absolute atomic E-state index is 0.00287. The fourth-order valence-corrected chi connectivity index (χ4v) is 30.6. The predicted molar refractivity (Wildman–Crippen MR) is 506 cm³/mol. The lowest BCUT2D eigenvalue weighted by atomic mass is 9.44. The van der Waals surface area contributed by atoms with Gasteiger partial charge in [-0.05, 0) is 221 Å². The number of hydrogen-bond donors (Lipinski definition) is 29. The molecule has 8 heterocycles. The van der Waals surface area contributed by atoms with Gasteiger partial charge in [-0.2, -0.15) is 0 Å². The number of aliphatic hydroxyl groups is 27. The summed E-state index contributed by atoms with van der Waals surface area (Å²) in [4.78, 5) is 30.2. The van der Waals surface area contributed by atoms with E-state index in [0.29, 0.717) is 67.1 Å². The molecule has 16 rings (SSSR count). The van der Waals surface area contributed by atoms with Crippen LogP contribution in [0.1, 0.15) is 190 Å². The van der Waals surface area contributed by atoms with Crippen molar-refractivity contribution >= 4 is 11.8 Å². The number of rotatable bonds is 38. The fourth-order valence-electron chi connectivity index (χ4n) is 30.6. The molecule has 35 unspecified atom stereocenters. The van der Waals surface area contributed by atoms with Crippen LogP contribution in [0.3, 0.4) is 0 Å². The van der Waals surface area contributed by atoms with E-state index in [4.69, 9.17) is 75.8 Å². The lowest BCUT2D eigenvalue weighted by Crippen LogP contribution is -2.65. The zero-order valence-corrected chi connectivity index (χ0v) is 86.1. The maximum Gasteiger partial charge on any atom is 0.220 e. The number of carbonyl (C=O) groups is 2. The molecule has 59 atom stereocenters. The van der Waals surface area contributed by atoms with Gasteiger partial charge in [-0.1, -0.05) is 48.5 Å². The maximum atomic E-state index is 15.1. The third kappa shape index (κ3) is 23.6. The first-order valence-electron chi connectivity index (χ1n) is 54.6. The smallest absolute Gasteiger partial charge is 0.220 e. The molecule has 0 spiro atoms. The minimum Gasteiger partial charge on any atom is -0.394 e. The predicted octanol–water partition coefficient (Wildman–Crippen LogP) is -7.07. The second-order valence-electron chi connectivity index (χ2n) is 47.9. The van der Waals surface area contributed by atoms with Gasteiger partial charge < -0.3 is 224 Å². The lowest BCUT2D eigenvalue weighted by Gasteiger charge is -2.61. The van der Waals surface area contributed by atoms with Gasteiger partial charge in [-0.25, -0.2) is 0 Å². The van der Waals surface area contributed by atoms with E-state index in [0.717, 1.165) is 103 Å². The van der Waals surface area contributed by atoms with Crippen LogP contribution in [-0.4, -0.2) is 481 Å². The first-order chi connectivity index (χ1) is 70.8. The molecule has 0 aromatic rings. The standard InChI is InChI=1S/C102H172N2O45/c1-42(51-14-16-53-49-12-10-45-28-47(20-24-98(45,4)55(49)22-26-100(51,53)6)136-90-44(3)67(115)86(61(34-109)142-90)146-94-79(127)72(120)68(116)57(30-105)138-94)8-18-65(113)103-38-102(40-134-91-83(131)76(124)87(62(35-110)143-91)147-95-80(128)73(121)69(117)58(31-106)139-95,41-135-92-84(132)77(125)88(63(36-111)144-92)148-96-81(129)74(122)70(118)59(32-107)140-96)39-104-66(114)19-9-43(2)52-15-17-54-50-13-11-46-29-48(21-25-99(46,5)56(50)23-27-101(52,54)7)137-93-85(133)78(126)89(64(37-112)145-93)149-97-82(130)75(123)71(119)60(33-108)141-97/h42-64,67-97,105-112,115-133H,8-41H2,1-7H3,(H,103,113)(H,104,114)/t42?,43?,44?,45?,46?,47?,48?,49?,50?,51?,52?,53?,54?,55?,56?,57?,58?,59?,60?,61?,62?,63?,64?,67-,68-,69-,70+,71+,72+,73+,74-,75-,76-,77+,78+,79?,80?,81?,82?,83?,84?,85?,86-,87-,88+,89+,90-,91-,92+,93+,94-,95-,96+,97+,98?,99?,100?,101?,102?/m1/s1. The highest BCUT2D eigenvalue weighted by Crippen LogP contribution is 2.71. The molecular formula is C102H172N2O45. The first kappa shape index (κ1) is 119. The number of carbonyl (C=O) groups excluding carboxylic acids is 2. The monoisotopic (exact) mass is 2150 g/mol. The topological polar surface area (TPSA) is 752 Å². The number of amides is 2. The molecule has 47 nitrogen and oxygen atoms in total. The van der Waals surface area contributed by atoms with E-state index < -0.39 is 342 Å². The summed E-state index contributed by atoms with van der Waals surface area (Å²) in [5, 5.41) is 299. The van der Waals surface area contributed by atoms with Crippen LogP contribution in [0.15, 0.2) is 0 Å². The van der Waals surface area contributed by atoms with Gasteiger partial charge in [0.25, 0.3) is 0 Å². The van der Waals surface area contributed by atoms with E-state index in [1.54, 1.807) is 6.92 Å². The molecule has 860 valence electrons. The summed E-state index contributed by atoms with van der Waals surface area (Å²) in [6, 6.07) is 0. The Balaban J connectivity index is 0.588. The highest BCUT2D eigenvalue weighted by Gasteiger charge is 2.66. The van der Waals surface area contributed by atoms with Crippen LogP contribution < -0.4 is 10.6 Å². The summed E-state index contributed by atoms with van der Waals surface area (Å²) in [5.74, 6) is 1.81. The van der Waals surface area contributed by atoms with Crippen molar-refractivity contribution in [1.29, 1.82) is 0 Å². The molecule has 8 saturated heterocycles. The summed E-state index contributed by atoms with van der Waals surface area (Å²) in [6.07, 6.45) is -49.5. The molecule has 8 aliphatic carbocycles. The molecule has 0 bridgehead atoms. The van der Waals surface area contributed by atoms with Gasteiger partial charge in [0.1, 0.15) is 183 Å². The Morgan fingerprint density at radius 1 is 0.302 bits per heavy atom. The highest BCUT2D eigenvalue weighted by atomic mass is 16.8. The van der Waals surface area contributed by atoms with Crippen LogP contribution in [0.2, 0.25) is 0 Å². The van der Waals surface area contributed by atoms with Crippen LogP contribution >= 0.6 is 0 Å². The Hall–Kier alpha value is -2.78. The van der Waals surface area contributed by atoms with Crippen molar-refractivity contribution < 1.29 is 223 Å². The van der Waals surface area contributed by atoms with Gasteiger partial charge in [0, 0.05) is 31.8 Å².